The summed E-state index contributed by atoms with van der Waals surface area (Å²) in [5.41, 5.74) is 2.60. The zero-order chi connectivity index (χ0) is 24.4. The molecule has 7 heteroatoms. The normalized spacial score (nSPS) is 12.0. The molecule has 0 unspecified atom stereocenters. The molecule has 3 rings (SSSR count). The third kappa shape index (κ3) is 6.26. The van der Waals surface area contributed by atoms with Crippen LogP contribution in [0.5, 0.6) is 11.5 Å². The van der Waals surface area contributed by atoms with Crippen LogP contribution in [0.25, 0.3) is 5.69 Å². The van der Waals surface area contributed by atoms with E-state index in [1.807, 2.05) is 30.3 Å². The molecule has 0 aliphatic carbocycles. The van der Waals surface area contributed by atoms with Gasteiger partial charge in [-0.25, -0.2) is 9.48 Å². The van der Waals surface area contributed by atoms with Gasteiger partial charge in [-0.3, -0.25) is 5.32 Å². The molecule has 1 heterocycles. The molecule has 6 nitrogen and oxygen atoms in total. The fraction of sp³-hybridized carbons (Fsp3) is 0.385. The van der Waals surface area contributed by atoms with E-state index in [4.69, 9.17) is 14.3 Å². The van der Waals surface area contributed by atoms with Crippen LogP contribution < -0.4 is 14.5 Å². The molecule has 1 N–H and O–H groups in total. The molecule has 0 atom stereocenters. The maximum Gasteiger partial charge on any atom is 0.418 e. The zero-order valence-electron chi connectivity index (χ0n) is 20.9. The lowest BCUT2D eigenvalue weighted by molar-refractivity contribution is 0.215. The van der Waals surface area contributed by atoms with Gasteiger partial charge >= 0.3 is 6.09 Å². The van der Waals surface area contributed by atoms with Crippen LogP contribution in [0, 0.1) is 0 Å². The van der Waals surface area contributed by atoms with Gasteiger partial charge < -0.3 is 9.16 Å². The number of anilines is 1. The molecule has 0 saturated heterocycles. The molecule has 0 saturated carbocycles. The lowest BCUT2D eigenvalue weighted by Gasteiger charge is -2.23. The van der Waals surface area contributed by atoms with E-state index in [1.165, 1.54) is 5.56 Å². The van der Waals surface area contributed by atoms with Gasteiger partial charge in [0.25, 0.3) is 0 Å². The summed E-state index contributed by atoms with van der Waals surface area (Å²) in [6.07, 6.45) is -0.574. The third-order valence-electron chi connectivity index (χ3n) is 5.08. The Morgan fingerprint density at radius 3 is 2.18 bits per heavy atom. The number of nitrogens with one attached hydrogen (secondary N) is 1. The number of nitrogens with zero attached hydrogens (tertiary/aromatic N) is 2. The van der Waals surface area contributed by atoms with Crippen molar-refractivity contribution in [3.63, 3.8) is 0 Å². The maximum absolute atomic E-state index is 12.7. The number of hydrogen-bond acceptors (Lipinski definition) is 4. The summed E-state index contributed by atoms with van der Waals surface area (Å²) < 4.78 is 13.5. The molecule has 3 aromatic rings. The highest BCUT2D eigenvalue weighted by Gasteiger charge is 2.24. The van der Waals surface area contributed by atoms with E-state index in [0.717, 1.165) is 17.1 Å². The highest BCUT2D eigenvalue weighted by molar-refractivity contribution is 6.49. The Kier molecular flexibility index (Phi) is 7.02. The molecule has 0 fully saturated rings. The standard InChI is InChI=1S/C26H35N3O3Si/c1-25(2,3)18-14-15-20(21(16-18)32-33(7)8)29-23(17-22(28-29)26(4,5)6)27-24(30)31-19-12-10-9-11-13-19/h9-17,33H,1-8H3,(H,27,30). The zero-order valence-corrected chi connectivity index (χ0v) is 22.0. The summed E-state index contributed by atoms with van der Waals surface area (Å²) in [7, 11) is -1.39. The number of amides is 1. The summed E-state index contributed by atoms with van der Waals surface area (Å²) in [4.78, 5) is 12.7. The van der Waals surface area contributed by atoms with Gasteiger partial charge in [0.05, 0.1) is 5.69 Å². The van der Waals surface area contributed by atoms with E-state index in [9.17, 15) is 4.79 Å². The van der Waals surface area contributed by atoms with E-state index >= 15 is 0 Å². The van der Waals surface area contributed by atoms with Gasteiger partial charge in [0.1, 0.15) is 23.0 Å². The minimum Gasteiger partial charge on any atom is -0.546 e. The Morgan fingerprint density at radius 2 is 1.61 bits per heavy atom. The van der Waals surface area contributed by atoms with E-state index in [2.05, 4.69) is 72.1 Å². The molecule has 176 valence electrons. The monoisotopic (exact) mass is 465 g/mol. The second-order valence-electron chi connectivity index (χ2n) is 10.5. The molecule has 1 amide bonds. The van der Waals surface area contributed by atoms with Crippen LogP contribution in [0.4, 0.5) is 10.6 Å². The molecule has 33 heavy (non-hydrogen) atoms. The fourth-order valence-corrected chi connectivity index (χ4v) is 3.95. The number of ether oxygens (including phenoxy) is 1. The minimum atomic E-state index is -1.39. The first-order valence-electron chi connectivity index (χ1n) is 11.3. The van der Waals surface area contributed by atoms with E-state index < -0.39 is 15.1 Å². The Bertz CT molecular complexity index is 1110. The smallest absolute Gasteiger partial charge is 0.418 e. The average molecular weight is 466 g/mol. The van der Waals surface area contributed by atoms with Gasteiger partial charge in [-0.15, -0.1) is 0 Å². The lowest BCUT2D eigenvalue weighted by Crippen LogP contribution is -2.20. The number of para-hydroxylation sites is 1. The van der Waals surface area contributed by atoms with Crippen LogP contribution in [0.2, 0.25) is 13.1 Å². The first-order valence-corrected chi connectivity index (χ1v) is 14.1. The number of hydrogen-bond donors (Lipinski definition) is 1. The Labute approximate surface area is 198 Å². The molecule has 0 radical (unpaired) electrons. The molecule has 1 aromatic heterocycles. The van der Waals surface area contributed by atoms with Gasteiger partial charge in [0.15, 0.2) is 0 Å². The lowest BCUT2D eigenvalue weighted by atomic mass is 9.87. The van der Waals surface area contributed by atoms with Crippen molar-refractivity contribution in [1.29, 1.82) is 0 Å². The molecule has 0 aliphatic heterocycles. The van der Waals surface area contributed by atoms with Crippen LogP contribution in [-0.2, 0) is 10.8 Å². The van der Waals surface area contributed by atoms with Crippen molar-refractivity contribution in [2.75, 3.05) is 5.32 Å². The molecule has 0 bridgehead atoms. The minimum absolute atomic E-state index is 0.0174. The molecule has 2 aromatic carbocycles. The molecule has 0 aliphatic rings. The summed E-state index contributed by atoms with van der Waals surface area (Å²) in [6, 6.07) is 17.1. The van der Waals surface area contributed by atoms with E-state index in [0.29, 0.717) is 11.6 Å². The summed E-state index contributed by atoms with van der Waals surface area (Å²) in [6.45, 7) is 17.1. The van der Waals surface area contributed by atoms with Crippen molar-refractivity contribution in [2.45, 2.75) is 65.5 Å². The number of aromatic nitrogens is 2. The first kappa shape index (κ1) is 24.6. The number of carbonyl (C=O) groups excluding carboxylic acids is 1. The van der Waals surface area contributed by atoms with Gasteiger partial charge in [0.2, 0.25) is 9.04 Å². The Hall–Kier alpha value is -3.06. The fourth-order valence-electron chi connectivity index (χ4n) is 3.25. The number of carbonyl (C=O) groups is 1. The van der Waals surface area contributed by atoms with Crippen molar-refractivity contribution >= 4 is 21.0 Å². The van der Waals surface area contributed by atoms with Crippen LogP contribution in [-0.4, -0.2) is 24.9 Å². The van der Waals surface area contributed by atoms with Crippen molar-refractivity contribution in [1.82, 2.24) is 9.78 Å². The largest absolute Gasteiger partial charge is 0.546 e. The Morgan fingerprint density at radius 1 is 0.939 bits per heavy atom. The molecule has 0 spiro atoms. The quantitative estimate of drug-likeness (QED) is 0.440. The second-order valence-corrected chi connectivity index (χ2v) is 12.8. The topological polar surface area (TPSA) is 65.4 Å². The first-order chi connectivity index (χ1) is 15.3. The predicted molar refractivity (Wildman–Crippen MR) is 137 cm³/mol. The third-order valence-corrected chi connectivity index (χ3v) is 5.80. The van der Waals surface area contributed by atoms with Gasteiger partial charge in [-0.2, -0.15) is 5.10 Å². The second kappa shape index (κ2) is 9.43. The van der Waals surface area contributed by atoms with Crippen LogP contribution >= 0.6 is 0 Å². The highest BCUT2D eigenvalue weighted by atomic mass is 28.3. The summed E-state index contributed by atoms with van der Waals surface area (Å²) in [5.74, 6) is 1.77. The van der Waals surface area contributed by atoms with Crippen LogP contribution in [0.3, 0.4) is 0 Å². The van der Waals surface area contributed by atoms with Crippen LogP contribution in [0.15, 0.2) is 54.6 Å². The number of rotatable bonds is 5. The average Bonchev–Trinajstić information content (AvgIpc) is 3.11. The summed E-state index contributed by atoms with van der Waals surface area (Å²) >= 11 is 0. The maximum atomic E-state index is 12.7. The number of benzene rings is 2. The van der Waals surface area contributed by atoms with E-state index in [-0.39, 0.29) is 10.8 Å². The Balaban J connectivity index is 2.06. The van der Waals surface area contributed by atoms with E-state index in [1.54, 1.807) is 16.8 Å². The SMILES string of the molecule is C[SiH](C)Oc1cc(C(C)(C)C)ccc1-n1nc(C(C)(C)C)cc1NC(=O)Oc1ccccc1. The molecular weight excluding hydrogens is 430 g/mol. The van der Waals surface area contributed by atoms with Crippen LogP contribution in [0.1, 0.15) is 52.8 Å². The van der Waals surface area contributed by atoms with Crippen molar-refractivity contribution in [3.05, 3.63) is 65.9 Å². The van der Waals surface area contributed by atoms with Crippen molar-refractivity contribution in [2.24, 2.45) is 0 Å². The molecular formula is C26H35N3O3Si. The van der Waals surface area contributed by atoms with Crippen molar-refractivity contribution in [3.8, 4) is 17.2 Å². The highest BCUT2D eigenvalue weighted by Crippen LogP contribution is 2.34. The summed E-state index contributed by atoms with van der Waals surface area (Å²) in [5, 5.41) is 7.72. The van der Waals surface area contributed by atoms with Gasteiger partial charge in [-0.1, -0.05) is 65.8 Å². The van der Waals surface area contributed by atoms with Crippen molar-refractivity contribution < 1.29 is 14.0 Å². The predicted octanol–water partition coefficient (Wildman–Crippen LogP) is 6.44. The van der Waals surface area contributed by atoms with Gasteiger partial charge in [-0.05, 0) is 48.3 Å². The van der Waals surface area contributed by atoms with Gasteiger partial charge in [0, 0.05) is 11.5 Å².